The number of carbonyl (C=O) groups excluding carboxylic acids is 1. The van der Waals surface area contributed by atoms with Gasteiger partial charge in [0.25, 0.3) is 0 Å². The van der Waals surface area contributed by atoms with Crippen LogP contribution in [-0.4, -0.2) is 32.7 Å². The Morgan fingerprint density at radius 3 is 2.56 bits per heavy atom. The quantitative estimate of drug-likeness (QED) is 0.675. The van der Waals surface area contributed by atoms with E-state index in [1.165, 1.54) is 11.0 Å². The largest absolute Gasteiger partial charge is 0.489 e. The molecule has 7 nitrogen and oxygen atoms in total. The Morgan fingerprint density at radius 1 is 1.04 bits per heavy atom. The van der Waals surface area contributed by atoms with E-state index in [1.807, 2.05) is 54.6 Å². The highest BCUT2D eigenvalue weighted by atomic mass is 16.5. The number of hydrogen-bond donors (Lipinski definition) is 1. The number of nitrogens with one attached hydrogen (secondary N) is 1. The third-order valence-electron chi connectivity index (χ3n) is 3.60. The van der Waals surface area contributed by atoms with E-state index < -0.39 is 0 Å². The fourth-order valence-corrected chi connectivity index (χ4v) is 2.30. The number of hydrogen-bond acceptors (Lipinski definition) is 5. The summed E-state index contributed by atoms with van der Waals surface area (Å²) in [4.78, 5) is 11.7. The summed E-state index contributed by atoms with van der Waals surface area (Å²) < 4.78 is 7.14. The molecular formula is C18H19N5O2. The zero-order valence-electron chi connectivity index (χ0n) is 13.7. The minimum Gasteiger partial charge on any atom is -0.489 e. The molecular weight excluding hydrogens is 318 g/mol. The van der Waals surface area contributed by atoms with Gasteiger partial charge in [-0.3, -0.25) is 4.79 Å². The van der Waals surface area contributed by atoms with E-state index >= 15 is 0 Å². The molecule has 2 aromatic carbocycles. The van der Waals surface area contributed by atoms with Crippen molar-refractivity contribution in [3.63, 3.8) is 0 Å². The van der Waals surface area contributed by atoms with E-state index in [0.29, 0.717) is 13.2 Å². The van der Waals surface area contributed by atoms with Gasteiger partial charge in [-0.1, -0.05) is 42.5 Å². The van der Waals surface area contributed by atoms with Gasteiger partial charge in [-0.25, -0.2) is 4.68 Å². The predicted octanol–water partition coefficient (Wildman–Crippen LogP) is 1.61. The van der Waals surface area contributed by atoms with Crippen LogP contribution < -0.4 is 10.1 Å². The Bertz CT molecular complexity index is 773. The van der Waals surface area contributed by atoms with Crippen molar-refractivity contribution < 1.29 is 9.53 Å². The molecule has 0 fully saturated rings. The summed E-state index contributed by atoms with van der Waals surface area (Å²) in [6, 6.07) is 18.0. The molecule has 3 aromatic rings. The average molecular weight is 337 g/mol. The van der Waals surface area contributed by atoms with E-state index in [4.69, 9.17) is 4.74 Å². The van der Waals surface area contributed by atoms with Crippen LogP contribution in [0.3, 0.4) is 0 Å². The van der Waals surface area contributed by atoms with Gasteiger partial charge in [-0.2, -0.15) is 0 Å². The summed E-state index contributed by atoms with van der Waals surface area (Å²) in [7, 11) is 0. The van der Waals surface area contributed by atoms with E-state index in [9.17, 15) is 4.79 Å². The zero-order valence-corrected chi connectivity index (χ0v) is 13.7. The van der Waals surface area contributed by atoms with E-state index in [0.717, 1.165) is 23.3 Å². The Kier molecular flexibility index (Phi) is 5.71. The first kappa shape index (κ1) is 16.6. The molecule has 1 N–H and O–H groups in total. The molecule has 0 saturated heterocycles. The van der Waals surface area contributed by atoms with Crippen molar-refractivity contribution in [2.45, 2.75) is 19.6 Å². The second-order valence-electron chi connectivity index (χ2n) is 5.53. The summed E-state index contributed by atoms with van der Waals surface area (Å²) in [5, 5.41) is 13.5. The molecule has 1 aromatic heterocycles. The SMILES string of the molecule is O=C(Cn1cnnn1)NCCc1ccc(OCc2ccccc2)cc1. The lowest BCUT2D eigenvalue weighted by Crippen LogP contribution is -2.29. The fraction of sp³-hybridized carbons (Fsp3) is 0.222. The summed E-state index contributed by atoms with van der Waals surface area (Å²) in [6.07, 6.45) is 2.16. The molecule has 128 valence electrons. The lowest BCUT2D eigenvalue weighted by atomic mass is 10.1. The molecule has 0 radical (unpaired) electrons. The van der Waals surface area contributed by atoms with Crippen LogP contribution in [0.15, 0.2) is 60.9 Å². The first-order chi connectivity index (χ1) is 12.3. The Hall–Kier alpha value is -3.22. The minimum absolute atomic E-state index is 0.116. The highest BCUT2D eigenvalue weighted by Crippen LogP contribution is 2.14. The molecule has 3 rings (SSSR count). The smallest absolute Gasteiger partial charge is 0.241 e. The average Bonchev–Trinajstić information content (AvgIpc) is 3.15. The molecule has 0 spiro atoms. The van der Waals surface area contributed by atoms with Crippen LogP contribution in [0.25, 0.3) is 0 Å². The highest BCUT2D eigenvalue weighted by molar-refractivity contribution is 5.75. The van der Waals surface area contributed by atoms with Crippen molar-refractivity contribution in [3.8, 4) is 5.75 Å². The van der Waals surface area contributed by atoms with Crippen LogP contribution in [0.5, 0.6) is 5.75 Å². The van der Waals surface area contributed by atoms with Crippen LogP contribution in [0, 0.1) is 0 Å². The summed E-state index contributed by atoms with van der Waals surface area (Å²) in [5.74, 6) is 0.713. The molecule has 25 heavy (non-hydrogen) atoms. The zero-order chi connectivity index (χ0) is 17.3. The van der Waals surface area contributed by atoms with Crippen molar-refractivity contribution in [2.24, 2.45) is 0 Å². The lowest BCUT2D eigenvalue weighted by Gasteiger charge is -2.08. The second-order valence-corrected chi connectivity index (χ2v) is 5.53. The summed E-state index contributed by atoms with van der Waals surface area (Å²) >= 11 is 0. The number of benzene rings is 2. The molecule has 0 aliphatic rings. The maximum absolute atomic E-state index is 11.7. The number of tetrazole rings is 1. The number of rotatable bonds is 8. The molecule has 1 amide bonds. The Labute approximate surface area is 145 Å². The van der Waals surface area contributed by atoms with E-state index in [2.05, 4.69) is 20.8 Å². The molecule has 0 unspecified atom stereocenters. The van der Waals surface area contributed by atoms with Gasteiger partial charge < -0.3 is 10.1 Å². The Balaban J connectivity index is 1.39. The van der Waals surface area contributed by atoms with Crippen LogP contribution in [0.4, 0.5) is 0 Å². The van der Waals surface area contributed by atoms with Crippen LogP contribution in [0.1, 0.15) is 11.1 Å². The fourth-order valence-electron chi connectivity index (χ4n) is 2.30. The van der Waals surface area contributed by atoms with Gasteiger partial charge >= 0.3 is 0 Å². The van der Waals surface area contributed by atoms with Crippen molar-refractivity contribution >= 4 is 5.91 Å². The minimum atomic E-state index is -0.116. The predicted molar refractivity (Wildman–Crippen MR) is 91.7 cm³/mol. The van der Waals surface area contributed by atoms with Crippen molar-refractivity contribution in [2.75, 3.05) is 6.54 Å². The van der Waals surface area contributed by atoms with Crippen LogP contribution >= 0.6 is 0 Å². The number of carbonyl (C=O) groups is 1. The maximum Gasteiger partial charge on any atom is 0.241 e. The molecule has 0 aliphatic carbocycles. The Morgan fingerprint density at radius 2 is 1.84 bits per heavy atom. The maximum atomic E-state index is 11.7. The molecule has 1 heterocycles. The molecule has 7 heteroatoms. The standard InChI is InChI=1S/C18H19N5O2/c24-18(12-23-14-20-21-22-23)19-11-10-15-6-8-17(9-7-15)25-13-16-4-2-1-3-5-16/h1-9,14H,10-13H2,(H,19,24). The van der Waals surface area contributed by atoms with Gasteiger partial charge in [0, 0.05) is 6.54 Å². The highest BCUT2D eigenvalue weighted by Gasteiger charge is 2.03. The number of ether oxygens (including phenoxy) is 1. The molecule has 0 aliphatic heterocycles. The summed E-state index contributed by atoms with van der Waals surface area (Å²) in [5.41, 5.74) is 2.27. The third-order valence-corrected chi connectivity index (χ3v) is 3.60. The number of nitrogens with zero attached hydrogens (tertiary/aromatic N) is 4. The van der Waals surface area contributed by atoms with Gasteiger partial charge in [0.2, 0.25) is 5.91 Å². The molecule has 0 bridgehead atoms. The summed E-state index contributed by atoms with van der Waals surface area (Å²) in [6.45, 7) is 1.23. The van der Waals surface area contributed by atoms with Crippen LogP contribution in [0.2, 0.25) is 0 Å². The van der Waals surface area contributed by atoms with Crippen LogP contribution in [-0.2, 0) is 24.4 Å². The van der Waals surface area contributed by atoms with Crippen molar-refractivity contribution in [1.29, 1.82) is 0 Å². The van der Waals surface area contributed by atoms with Crippen molar-refractivity contribution in [1.82, 2.24) is 25.5 Å². The number of aromatic nitrogens is 4. The first-order valence-electron chi connectivity index (χ1n) is 8.03. The normalized spacial score (nSPS) is 10.4. The first-order valence-corrected chi connectivity index (χ1v) is 8.03. The van der Waals surface area contributed by atoms with Gasteiger partial charge in [-0.15, -0.1) is 5.10 Å². The monoisotopic (exact) mass is 337 g/mol. The lowest BCUT2D eigenvalue weighted by molar-refractivity contribution is -0.121. The van der Waals surface area contributed by atoms with E-state index in [1.54, 1.807) is 0 Å². The molecule has 0 atom stereocenters. The van der Waals surface area contributed by atoms with Gasteiger partial charge in [0.15, 0.2) is 0 Å². The van der Waals surface area contributed by atoms with Gasteiger partial charge in [0.05, 0.1) is 0 Å². The molecule has 0 saturated carbocycles. The third kappa shape index (κ3) is 5.42. The van der Waals surface area contributed by atoms with Gasteiger partial charge in [0.1, 0.15) is 25.2 Å². The second kappa shape index (κ2) is 8.58. The van der Waals surface area contributed by atoms with Gasteiger partial charge in [-0.05, 0) is 40.1 Å². The van der Waals surface area contributed by atoms with E-state index in [-0.39, 0.29) is 12.5 Å². The van der Waals surface area contributed by atoms with Crippen molar-refractivity contribution in [3.05, 3.63) is 72.1 Å². The number of amides is 1. The topological polar surface area (TPSA) is 81.9 Å².